The Balaban J connectivity index is 1.93. The molecule has 1 N–H and O–H groups in total. The molecule has 7 heteroatoms. The summed E-state index contributed by atoms with van der Waals surface area (Å²) in [6.07, 6.45) is 1.49. The highest BCUT2D eigenvalue weighted by Crippen LogP contribution is 2.29. The number of nitro benzene ring substituents is 1. The number of carbonyl (C=O) groups excluding carboxylic acids is 2. The van der Waals surface area contributed by atoms with Gasteiger partial charge in [0.15, 0.2) is 0 Å². The third-order valence-electron chi connectivity index (χ3n) is 3.60. The smallest absolute Gasteiger partial charge is 0.271 e. The van der Waals surface area contributed by atoms with Gasteiger partial charge in [-0.25, -0.2) is 4.90 Å². The first-order valence-electron chi connectivity index (χ1n) is 7.07. The van der Waals surface area contributed by atoms with E-state index in [1.807, 2.05) is 0 Å². The second-order valence-corrected chi connectivity index (χ2v) is 5.25. The summed E-state index contributed by atoms with van der Waals surface area (Å²) in [5.41, 5.74) is 0.944. The average molecular weight is 324 g/mol. The lowest BCUT2D eigenvalue weighted by atomic mass is 10.1. The van der Waals surface area contributed by atoms with Crippen LogP contribution in [0, 0.1) is 10.1 Å². The van der Waals surface area contributed by atoms with E-state index in [0.29, 0.717) is 5.56 Å². The van der Waals surface area contributed by atoms with Gasteiger partial charge in [-0.15, -0.1) is 0 Å². The Kier molecular flexibility index (Phi) is 3.83. The SMILES string of the molecule is O=C1CC(=Cc2ccc(O)cc2)C(=O)N1c1cccc([N+](=O)[O-])c1. The van der Waals surface area contributed by atoms with Gasteiger partial charge in [0.1, 0.15) is 5.75 Å². The van der Waals surface area contributed by atoms with Crippen molar-refractivity contribution in [3.05, 3.63) is 69.8 Å². The number of imide groups is 1. The summed E-state index contributed by atoms with van der Waals surface area (Å²) in [7, 11) is 0. The predicted octanol–water partition coefficient (Wildman–Crippen LogP) is 2.65. The summed E-state index contributed by atoms with van der Waals surface area (Å²) in [6.45, 7) is 0. The Labute approximate surface area is 136 Å². The van der Waals surface area contributed by atoms with Crippen molar-refractivity contribution in [3.63, 3.8) is 0 Å². The van der Waals surface area contributed by atoms with Crippen LogP contribution in [0.15, 0.2) is 54.1 Å². The standard InChI is InChI=1S/C17H12N2O5/c20-15-6-4-11(5-7-15)8-12-9-16(21)18(17(12)22)13-2-1-3-14(10-13)19(23)24/h1-8,10,20H,9H2. The first-order valence-corrected chi connectivity index (χ1v) is 7.07. The van der Waals surface area contributed by atoms with E-state index >= 15 is 0 Å². The number of phenols is 1. The Morgan fingerprint density at radius 3 is 2.50 bits per heavy atom. The first kappa shape index (κ1) is 15.4. The lowest BCUT2D eigenvalue weighted by molar-refractivity contribution is -0.384. The molecule has 1 fully saturated rings. The Bertz CT molecular complexity index is 871. The van der Waals surface area contributed by atoms with Gasteiger partial charge in [0, 0.05) is 17.7 Å². The number of amides is 2. The molecular formula is C17H12N2O5. The number of carbonyl (C=O) groups is 2. The predicted molar refractivity (Wildman–Crippen MR) is 86.3 cm³/mol. The number of nitro groups is 1. The molecule has 1 heterocycles. The highest BCUT2D eigenvalue weighted by atomic mass is 16.6. The number of rotatable bonds is 3. The van der Waals surface area contributed by atoms with Gasteiger partial charge in [0.25, 0.3) is 11.6 Å². The van der Waals surface area contributed by atoms with Crippen molar-refractivity contribution in [3.8, 4) is 5.75 Å². The Hall–Kier alpha value is -3.48. The molecule has 2 aromatic carbocycles. The molecule has 2 aromatic rings. The Morgan fingerprint density at radius 2 is 1.83 bits per heavy atom. The molecular weight excluding hydrogens is 312 g/mol. The number of hydrogen-bond donors (Lipinski definition) is 1. The minimum atomic E-state index is -0.582. The van der Waals surface area contributed by atoms with Gasteiger partial charge in [0.2, 0.25) is 5.91 Å². The minimum Gasteiger partial charge on any atom is -0.508 e. The van der Waals surface area contributed by atoms with Crippen molar-refractivity contribution in [2.24, 2.45) is 0 Å². The van der Waals surface area contributed by atoms with Gasteiger partial charge in [-0.3, -0.25) is 19.7 Å². The monoisotopic (exact) mass is 324 g/mol. The first-order chi connectivity index (χ1) is 11.5. The van der Waals surface area contributed by atoms with Crippen molar-refractivity contribution >= 4 is 29.3 Å². The molecule has 0 bridgehead atoms. The van der Waals surface area contributed by atoms with Gasteiger partial charge in [-0.1, -0.05) is 18.2 Å². The molecule has 0 aliphatic carbocycles. The zero-order chi connectivity index (χ0) is 17.3. The summed E-state index contributed by atoms with van der Waals surface area (Å²) in [4.78, 5) is 35.9. The van der Waals surface area contributed by atoms with Crippen LogP contribution >= 0.6 is 0 Å². The highest BCUT2D eigenvalue weighted by molar-refractivity contribution is 6.29. The average Bonchev–Trinajstić information content (AvgIpc) is 2.83. The van der Waals surface area contributed by atoms with E-state index in [-0.39, 0.29) is 29.1 Å². The van der Waals surface area contributed by atoms with Crippen LogP contribution in [0.5, 0.6) is 5.75 Å². The number of nitrogens with zero attached hydrogens (tertiary/aromatic N) is 2. The van der Waals surface area contributed by atoms with Crippen molar-refractivity contribution < 1.29 is 19.6 Å². The quantitative estimate of drug-likeness (QED) is 0.405. The summed E-state index contributed by atoms with van der Waals surface area (Å²) >= 11 is 0. The van der Waals surface area contributed by atoms with Crippen molar-refractivity contribution in [2.75, 3.05) is 4.90 Å². The molecule has 0 atom stereocenters. The van der Waals surface area contributed by atoms with Crippen molar-refractivity contribution in [2.45, 2.75) is 6.42 Å². The summed E-state index contributed by atoms with van der Waals surface area (Å²) < 4.78 is 0. The van der Waals surface area contributed by atoms with Crippen LogP contribution in [-0.2, 0) is 9.59 Å². The van der Waals surface area contributed by atoms with E-state index in [1.54, 1.807) is 18.2 Å². The second kappa shape index (κ2) is 5.96. The molecule has 1 saturated heterocycles. The number of aromatic hydroxyl groups is 1. The van der Waals surface area contributed by atoms with E-state index < -0.39 is 16.7 Å². The van der Waals surface area contributed by atoms with Crippen LogP contribution in [0.3, 0.4) is 0 Å². The molecule has 2 amide bonds. The van der Waals surface area contributed by atoms with E-state index in [4.69, 9.17) is 0 Å². The molecule has 1 aliphatic rings. The van der Waals surface area contributed by atoms with Crippen LogP contribution in [0.25, 0.3) is 6.08 Å². The van der Waals surface area contributed by atoms with Crippen LogP contribution in [0.1, 0.15) is 12.0 Å². The summed E-state index contributed by atoms with van der Waals surface area (Å²) in [5, 5.41) is 20.1. The third kappa shape index (κ3) is 2.87. The minimum absolute atomic E-state index is 0.0810. The molecule has 0 spiro atoms. The number of anilines is 1. The zero-order valence-electron chi connectivity index (χ0n) is 12.4. The Morgan fingerprint density at radius 1 is 1.12 bits per heavy atom. The molecule has 1 aliphatic heterocycles. The fourth-order valence-electron chi connectivity index (χ4n) is 2.47. The van der Waals surface area contributed by atoms with Crippen LogP contribution < -0.4 is 4.90 Å². The maximum absolute atomic E-state index is 12.5. The molecule has 24 heavy (non-hydrogen) atoms. The fourth-order valence-corrected chi connectivity index (χ4v) is 2.47. The molecule has 120 valence electrons. The van der Waals surface area contributed by atoms with E-state index in [2.05, 4.69) is 0 Å². The lowest BCUT2D eigenvalue weighted by Gasteiger charge is -2.12. The van der Waals surface area contributed by atoms with Gasteiger partial charge < -0.3 is 5.11 Å². The number of benzene rings is 2. The van der Waals surface area contributed by atoms with Gasteiger partial charge in [-0.05, 0) is 29.8 Å². The second-order valence-electron chi connectivity index (χ2n) is 5.25. The van der Waals surface area contributed by atoms with Crippen LogP contribution in [0.2, 0.25) is 0 Å². The maximum Gasteiger partial charge on any atom is 0.271 e. The zero-order valence-corrected chi connectivity index (χ0v) is 12.4. The van der Waals surface area contributed by atoms with E-state index in [9.17, 15) is 24.8 Å². The molecule has 0 radical (unpaired) electrons. The number of phenolic OH excluding ortho intramolecular Hbond substituents is 1. The van der Waals surface area contributed by atoms with E-state index in [1.165, 1.54) is 36.4 Å². The molecule has 0 aromatic heterocycles. The normalized spacial score (nSPS) is 16.0. The van der Waals surface area contributed by atoms with Crippen molar-refractivity contribution in [1.29, 1.82) is 0 Å². The number of non-ortho nitro benzene ring substituents is 1. The van der Waals surface area contributed by atoms with Gasteiger partial charge in [0.05, 0.1) is 17.0 Å². The highest BCUT2D eigenvalue weighted by Gasteiger charge is 2.35. The van der Waals surface area contributed by atoms with Crippen LogP contribution in [0.4, 0.5) is 11.4 Å². The largest absolute Gasteiger partial charge is 0.508 e. The van der Waals surface area contributed by atoms with Crippen LogP contribution in [-0.4, -0.2) is 21.8 Å². The number of hydrogen-bond acceptors (Lipinski definition) is 5. The lowest BCUT2D eigenvalue weighted by Crippen LogP contribution is -2.28. The summed E-state index contributed by atoms with van der Waals surface area (Å²) in [6, 6.07) is 11.6. The molecule has 3 rings (SSSR count). The van der Waals surface area contributed by atoms with Crippen molar-refractivity contribution in [1.82, 2.24) is 0 Å². The molecule has 0 unspecified atom stereocenters. The molecule has 7 nitrogen and oxygen atoms in total. The maximum atomic E-state index is 12.5. The summed E-state index contributed by atoms with van der Waals surface area (Å²) in [5.74, 6) is -0.844. The fraction of sp³-hybridized carbons (Fsp3) is 0.0588. The van der Waals surface area contributed by atoms with E-state index in [0.717, 1.165) is 4.90 Å². The van der Waals surface area contributed by atoms with Gasteiger partial charge in [-0.2, -0.15) is 0 Å². The molecule has 0 saturated carbocycles. The topological polar surface area (TPSA) is 101 Å². The third-order valence-corrected chi connectivity index (χ3v) is 3.60. The van der Waals surface area contributed by atoms with Gasteiger partial charge >= 0.3 is 0 Å².